The summed E-state index contributed by atoms with van der Waals surface area (Å²) in [4.78, 5) is 39.0. The van der Waals surface area contributed by atoms with E-state index >= 15 is 4.39 Å². The van der Waals surface area contributed by atoms with Crippen LogP contribution in [0.1, 0.15) is 22.5 Å². The first-order valence-corrected chi connectivity index (χ1v) is 18.1. The molecule has 4 N–H and O–H groups in total. The molecule has 0 radical (unpaired) electrons. The van der Waals surface area contributed by atoms with Crippen LogP contribution in [0.3, 0.4) is 0 Å². The standard InChI is InChI=1S/C31H29FN5O8PS2/c1-37(16-20-10-12-24(45-18-44-2)29-21(20)9-6-14-34-29)17-26(38)35-23-11-13-25-27(22(23)15-33)28(32)31(47-25)48(42,43)36-30(46(39,40)41)19-7-4-3-5-8-19/h3-14,30,36H,16-18H2,1-2H3,(H,35,38)(H2,39,40,41). The maximum atomic E-state index is 15.8. The Hall–Kier alpha value is -4.30. The van der Waals surface area contributed by atoms with Crippen molar-refractivity contribution in [3.05, 3.63) is 95.4 Å². The highest BCUT2D eigenvalue weighted by Gasteiger charge is 2.37. The molecule has 0 bridgehead atoms. The largest absolute Gasteiger partial charge is 0.465 e. The number of pyridine rings is 1. The van der Waals surface area contributed by atoms with Gasteiger partial charge in [0.25, 0.3) is 10.0 Å². The van der Waals surface area contributed by atoms with Crippen molar-refractivity contribution < 1.29 is 41.4 Å². The quantitative estimate of drug-likeness (QED) is 0.0980. The van der Waals surface area contributed by atoms with E-state index in [4.69, 9.17) is 9.47 Å². The molecule has 5 aromatic rings. The third kappa shape index (κ3) is 7.54. The molecule has 48 heavy (non-hydrogen) atoms. The van der Waals surface area contributed by atoms with E-state index in [0.717, 1.165) is 10.9 Å². The van der Waals surface area contributed by atoms with Gasteiger partial charge in [-0.2, -0.15) is 9.98 Å². The van der Waals surface area contributed by atoms with E-state index in [1.54, 1.807) is 36.3 Å². The second kappa shape index (κ2) is 14.4. The third-order valence-corrected chi connectivity index (χ3v) is 11.4. The number of sulfonamides is 1. The van der Waals surface area contributed by atoms with E-state index in [2.05, 4.69) is 10.3 Å². The van der Waals surface area contributed by atoms with Crippen molar-refractivity contribution in [3.8, 4) is 11.8 Å². The first-order valence-electron chi connectivity index (χ1n) is 14.1. The van der Waals surface area contributed by atoms with Crippen LogP contribution in [0.5, 0.6) is 5.75 Å². The highest BCUT2D eigenvalue weighted by molar-refractivity contribution is 7.92. The van der Waals surface area contributed by atoms with E-state index in [9.17, 15) is 32.8 Å². The Morgan fingerprint density at radius 2 is 1.90 bits per heavy atom. The van der Waals surface area contributed by atoms with E-state index in [-0.39, 0.29) is 40.2 Å². The Morgan fingerprint density at radius 3 is 2.58 bits per heavy atom. The Morgan fingerprint density at radius 1 is 1.15 bits per heavy atom. The molecule has 17 heteroatoms. The van der Waals surface area contributed by atoms with Gasteiger partial charge in [-0.25, -0.2) is 12.8 Å². The molecule has 0 aliphatic carbocycles. The van der Waals surface area contributed by atoms with Gasteiger partial charge < -0.3 is 24.6 Å². The molecule has 0 aliphatic heterocycles. The zero-order valence-electron chi connectivity index (χ0n) is 25.5. The lowest BCUT2D eigenvalue weighted by Gasteiger charge is -2.19. The van der Waals surface area contributed by atoms with Gasteiger partial charge in [-0.3, -0.25) is 19.2 Å². The molecule has 1 atom stereocenters. The van der Waals surface area contributed by atoms with Crippen molar-refractivity contribution in [2.45, 2.75) is 16.5 Å². The van der Waals surface area contributed by atoms with Crippen molar-refractivity contribution in [3.63, 3.8) is 0 Å². The summed E-state index contributed by atoms with van der Waals surface area (Å²) in [5, 5.41) is 13.0. The predicted octanol–water partition coefficient (Wildman–Crippen LogP) is 4.67. The van der Waals surface area contributed by atoms with Crippen molar-refractivity contribution >= 4 is 61.5 Å². The van der Waals surface area contributed by atoms with Crippen LogP contribution in [0.2, 0.25) is 0 Å². The number of amides is 1. The van der Waals surface area contributed by atoms with Gasteiger partial charge >= 0.3 is 7.60 Å². The topological polar surface area (TPSA) is 191 Å². The van der Waals surface area contributed by atoms with Gasteiger partial charge in [0.1, 0.15) is 23.1 Å². The van der Waals surface area contributed by atoms with E-state index in [1.165, 1.54) is 43.5 Å². The number of hydrogen-bond acceptors (Lipinski definition) is 10. The SMILES string of the molecule is COCOc1ccc(CN(C)CC(=O)Nc2ccc3sc(S(=O)(=O)NC(c4ccccc4)P(=O)(O)O)c(F)c3c2C#N)c2cccnc12. The molecule has 13 nitrogen and oxygen atoms in total. The van der Waals surface area contributed by atoms with Crippen molar-refractivity contribution in [1.82, 2.24) is 14.6 Å². The number of nitrogens with zero attached hydrogens (tertiary/aromatic N) is 3. The van der Waals surface area contributed by atoms with Crippen LogP contribution in [0.15, 0.2) is 77.1 Å². The fourth-order valence-electron chi connectivity index (χ4n) is 5.06. The molecule has 250 valence electrons. The van der Waals surface area contributed by atoms with Gasteiger partial charge in [0.2, 0.25) is 5.91 Å². The van der Waals surface area contributed by atoms with Gasteiger partial charge in [0.15, 0.2) is 16.8 Å². The fraction of sp³-hybridized carbons (Fsp3) is 0.194. The molecular weight excluding hydrogens is 684 g/mol. The Balaban J connectivity index is 1.36. The van der Waals surface area contributed by atoms with Gasteiger partial charge in [-0.15, -0.1) is 11.3 Å². The lowest BCUT2D eigenvalue weighted by Crippen LogP contribution is -2.30. The lowest BCUT2D eigenvalue weighted by atomic mass is 10.1. The molecule has 2 heterocycles. The van der Waals surface area contributed by atoms with Gasteiger partial charge in [0, 0.05) is 35.3 Å². The summed E-state index contributed by atoms with van der Waals surface area (Å²) in [5.41, 5.74) is 1.12. The third-order valence-electron chi connectivity index (χ3n) is 7.13. The Bertz CT molecular complexity index is 2190. The van der Waals surface area contributed by atoms with Gasteiger partial charge in [-0.1, -0.05) is 42.5 Å². The second-order valence-corrected chi connectivity index (χ2v) is 15.2. The van der Waals surface area contributed by atoms with E-state index < -0.39 is 39.3 Å². The Kier molecular flexibility index (Phi) is 10.5. The number of likely N-dealkylation sites (N-methyl/N-ethyl adjacent to an activating group) is 1. The normalized spacial score (nSPS) is 12.7. The summed E-state index contributed by atoms with van der Waals surface area (Å²) in [6, 6.07) is 19.0. The van der Waals surface area contributed by atoms with Crippen LogP contribution >= 0.6 is 18.9 Å². The van der Waals surface area contributed by atoms with E-state index in [1.807, 2.05) is 22.9 Å². The van der Waals surface area contributed by atoms with Crippen LogP contribution in [0, 0.1) is 17.1 Å². The van der Waals surface area contributed by atoms with Crippen molar-refractivity contribution in [2.75, 3.05) is 32.8 Å². The minimum atomic E-state index is -5.08. The van der Waals surface area contributed by atoms with Gasteiger partial charge in [0.05, 0.1) is 17.8 Å². The van der Waals surface area contributed by atoms with Crippen LogP contribution < -0.4 is 14.8 Å². The number of aromatic nitrogens is 1. The number of methoxy groups -OCH3 is 1. The summed E-state index contributed by atoms with van der Waals surface area (Å²) in [6.45, 7) is 0.276. The number of nitrogens with one attached hydrogen (secondary N) is 2. The van der Waals surface area contributed by atoms with Crippen LogP contribution in [0.25, 0.3) is 21.0 Å². The number of fused-ring (bicyclic) bond motifs is 2. The number of hydrogen-bond donors (Lipinski definition) is 4. The highest BCUT2D eigenvalue weighted by Crippen LogP contribution is 2.51. The monoisotopic (exact) mass is 713 g/mol. The molecule has 0 saturated carbocycles. The molecule has 0 aliphatic rings. The first kappa shape index (κ1) is 35.0. The van der Waals surface area contributed by atoms with E-state index in [0.29, 0.717) is 29.1 Å². The summed E-state index contributed by atoms with van der Waals surface area (Å²) < 4.78 is 66.3. The average Bonchev–Trinajstić information content (AvgIpc) is 3.40. The minimum Gasteiger partial charge on any atom is -0.465 e. The number of benzene rings is 3. The number of carbonyl (C=O) groups excluding carboxylic acids is 1. The first-order chi connectivity index (χ1) is 22.8. The maximum absolute atomic E-state index is 15.8. The minimum absolute atomic E-state index is 0.0263. The highest BCUT2D eigenvalue weighted by atomic mass is 32.2. The van der Waals surface area contributed by atoms with Crippen LogP contribution in [0.4, 0.5) is 10.1 Å². The van der Waals surface area contributed by atoms with Crippen LogP contribution in [-0.4, -0.2) is 61.5 Å². The maximum Gasteiger partial charge on any atom is 0.347 e. The fourth-order valence-corrected chi connectivity index (χ4v) is 9.13. The summed E-state index contributed by atoms with van der Waals surface area (Å²) in [7, 11) is -6.69. The molecule has 0 saturated heterocycles. The summed E-state index contributed by atoms with van der Waals surface area (Å²) in [5.74, 6) is -3.25. The smallest absolute Gasteiger partial charge is 0.347 e. The molecule has 0 fully saturated rings. The molecule has 1 amide bonds. The number of thiophene rings is 1. The average molecular weight is 714 g/mol. The number of carbonyl (C=O) groups is 1. The lowest BCUT2D eigenvalue weighted by molar-refractivity contribution is -0.117. The number of halogens is 1. The molecule has 5 rings (SSSR count). The number of anilines is 1. The van der Waals surface area contributed by atoms with Crippen molar-refractivity contribution in [1.29, 1.82) is 5.26 Å². The zero-order valence-corrected chi connectivity index (χ0v) is 28.0. The van der Waals surface area contributed by atoms with Crippen molar-refractivity contribution in [2.24, 2.45) is 0 Å². The molecule has 0 spiro atoms. The predicted molar refractivity (Wildman–Crippen MR) is 177 cm³/mol. The summed E-state index contributed by atoms with van der Waals surface area (Å²) in [6.07, 6.45) is 1.64. The molecule has 2 aromatic heterocycles. The summed E-state index contributed by atoms with van der Waals surface area (Å²) >= 11 is 0.482. The molecule has 1 unspecified atom stereocenters. The molecular formula is C31H29FN5O8PS2. The number of rotatable bonds is 13. The van der Waals surface area contributed by atoms with Gasteiger partial charge in [-0.05, 0) is 42.4 Å². The second-order valence-electron chi connectivity index (χ2n) is 10.6. The Labute approximate surface area is 278 Å². The zero-order chi connectivity index (χ0) is 34.6. The molecule has 3 aromatic carbocycles. The number of ether oxygens (including phenoxy) is 2. The number of nitriles is 1. The van der Waals surface area contributed by atoms with Crippen LogP contribution in [-0.2, 0) is 30.7 Å².